The van der Waals surface area contributed by atoms with Gasteiger partial charge in [0, 0.05) is 0 Å². The van der Waals surface area contributed by atoms with Crippen molar-refractivity contribution in [2.75, 3.05) is 17.7 Å². The van der Waals surface area contributed by atoms with Crippen molar-refractivity contribution in [1.82, 2.24) is 9.97 Å². The second kappa shape index (κ2) is 7.10. The number of nitrogens with two attached hydrogens (primary N) is 1. The number of anilines is 2. The SMILES string of the molecule is Nc1ccccc1OCCC(=O)Nc1ncnc(Cl)c1Cl. The lowest BCUT2D eigenvalue weighted by molar-refractivity contribution is -0.116. The highest BCUT2D eigenvalue weighted by atomic mass is 35.5. The molecule has 2 rings (SSSR count). The Morgan fingerprint density at radius 3 is 2.81 bits per heavy atom. The number of ether oxygens (including phenoxy) is 1. The van der Waals surface area contributed by atoms with Crippen molar-refractivity contribution in [2.45, 2.75) is 6.42 Å². The van der Waals surface area contributed by atoms with Gasteiger partial charge in [-0.2, -0.15) is 0 Å². The first-order valence-corrected chi connectivity index (χ1v) is 6.76. The van der Waals surface area contributed by atoms with Gasteiger partial charge < -0.3 is 15.8 Å². The number of benzene rings is 1. The topological polar surface area (TPSA) is 90.1 Å². The van der Waals surface area contributed by atoms with E-state index in [0.717, 1.165) is 0 Å². The largest absolute Gasteiger partial charge is 0.491 e. The quantitative estimate of drug-likeness (QED) is 0.651. The van der Waals surface area contributed by atoms with Crippen molar-refractivity contribution < 1.29 is 9.53 Å². The van der Waals surface area contributed by atoms with Gasteiger partial charge in [0.25, 0.3) is 0 Å². The van der Waals surface area contributed by atoms with Crippen LogP contribution >= 0.6 is 23.2 Å². The van der Waals surface area contributed by atoms with E-state index in [1.165, 1.54) is 6.33 Å². The van der Waals surface area contributed by atoms with Crippen LogP contribution in [0.1, 0.15) is 6.42 Å². The highest BCUT2D eigenvalue weighted by molar-refractivity contribution is 6.42. The molecule has 0 aliphatic rings. The Morgan fingerprint density at radius 1 is 1.29 bits per heavy atom. The molecule has 1 heterocycles. The molecule has 1 amide bonds. The number of nitrogens with zero attached hydrogens (tertiary/aromatic N) is 2. The molecular weight excluding hydrogens is 315 g/mol. The van der Waals surface area contributed by atoms with E-state index in [0.29, 0.717) is 11.4 Å². The lowest BCUT2D eigenvalue weighted by Crippen LogP contribution is -2.16. The molecule has 0 saturated carbocycles. The van der Waals surface area contributed by atoms with Crippen molar-refractivity contribution >= 4 is 40.6 Å². The molecule has 1 aromatic heterocycles. The number of amides is 1. The van der Waals surface area contributed by atoms with Crippen molar-refractivity contribution in [3.8, 4) is 5.75 Å². The summed E-state index contributed by atoms with van der Waals surface area (Å²) in [7, 11) is 0. The van der Waals surface area contributed by atoms with E-state index in [1.54, 1.807) is 24.3 Å². The predicted octanol–water partition coefficient (Wildman–Crippen LogP) is 2.77. The number of carbonyl (C=O) groups excluding carboxylic acids is 1. The van der Waals surface area contributed by atoms with Gasteiger partial charge in [-0.1, -0.05) is 35.3 Å². The molecule has 6 nitrogen and oxygen atoms in total. The third kappa shape index (κ3) is 4.21. The van der Waals surface area contributed by atoms with Crippen LogP contribution in [-0.4, -0.2) is 22.5 Å². The summed E-state index contributed by atoms with van der Waals surface area (Å²) in [5.74, 6) is 0.399. The van der Waals surface area contributed by atoms with Gasteiger partial charge in [-0.15, -0.1) is 0 Å². The zero-order valence-corrected chi connectivity index (χ0v) is 12.4. The molecule has 0 unspecified atom stereocenters. The number of hydrogen-bond acceptors (Lipinski definition) is 5. The standard InChI is InChI=1S/C13H12Cl2N4O2/c14-11-12(15)17-7-18-13(11)19-10(20)5-6-21-9-4-2-1-3-8(9)16/h1-4,7H,5-6,16H2,(H,17,18,19,20). The van der Waals surface area contributed by atoms with Crippen LogP contribution in [0.15, 0.2) is 30.6 Å². The van der Waals surface area contributed by atoms with Crippen molar-refractivity contribution in [1.29, 1.82) is 0 Å². The Kier molecular flexibility index (Phi) is 5.19. The first kappa shape index (κ1) is 15.3. The van der Waals surface area contributed by atoms with E-state index < -0.39 is 0 Å². The molecule has 0 atom stereocenters. The van der Waals surface area contributed by atoms with E-state index in [4.69, 9.17) is 33.7 Å². The molecule has 2 aromatic rings. The number of nitrogens with one attached hydrogen (secondary N) is 1. The van der Waals surface area contributed by atoms with Crippen LogP contribution in [0.5, 0.6) is 5.75 Å². The summed E-state index contributed by atoms with van der Waals surface area (Å²) in [6, 6.07) is 7.05. The molecule has 3 N–H and O–H groups in total. The van der Waals surface area contributed by atoms with Gasteiger partial charge in [-0.3, -0.25) is 4.79 Å². The summed E-state index contributed by atoms with van der Waals surface area (Å²) in [4.78, 5) is 19.3. The Morgan fingerprint density at radius 2 is 2.05 bits per heavy atom. The summed E-state index contributed by atoms with van der Waals surface area (Å²) in [6.07, 6.45) is 1.33. The summed E-state index contributed by atoms with van der Waals surface area (Å²) < 4.78 is 5.42. The molecule has 0 spiro atoms. The molecular formula is C13H12Cl2N4O2. The van der Waals surface area contributed by atoms with E-state index in [9.17, 15) is 4.79 Å². The highest BCUT2D eigenvalue weighted by Gasteiger charge is 2.11. The Bertz CT molecular complexity index is 652. The predicted molar refractivity (Wildman–Crippen MR) is 81.6 cm³/mol. The van der Waals surface area contributed by atoms with Gasteiger partial charge in [0.1, 0.15) is 17.1 Å². The van der Waals surface area contributed by atoms with E-state index >= 15 is 0 Å². The summed E-state index contributed by atoms with van der Waals surface area (Å²) in [5.41, 5.74) is 6.24. The minimum absolute atomic E-state index is 0.0790. The summed E-state index contributed by atoms with van der Waals surface area (Å²) >= 11 is 11.6. The summed E-state index contributed by atoms with van der Waals surface area (Å²) in [6.45, 7) is 0.177. The van der Waals surface area contributed by atoms with Crippen LogP contribution in [0.4, 0.5) is 11.5 Å². The fourth-order valence-corrected chi connectivity index (χ4v) is 1.77. The monoisotopic (exact) mass is 326 g/mol. The van der Waals surface area contributed by atoms with Gasteiger partial charge in [0.05, 0.1) is 18.7 Å². The average Bonchev–Trinajstić information content (AvgIpc) is 2.46. The first-order chi connectivity index (χ1) is 10.1. The maximum absolute atomic E-state index is 11.8. The molecule has 1 aromatic carbocycles. The molecule has 0 fully saturated rings. The number of aromatic nitrogens is 2. The number of rotatable bonds is 5. The molecule has 21 heavy (non-hydrogen) atoms. The molecule has 110 valence electrons. The molecule has 0 aliphatic heterocycles. The second-order valence-electron chi connectivity index (χ2n) is 4.01. The Balaban J connectivity index is 1.85. The third-order valence-electron chi connectivity index (χ3n) is 2.51. The van der Waals surface area contributed by atoms with Gasteiger partial charge in [-0.25, -0.2) is 9.97 Å². The number of hydrogen-bond donors (Lipinski definition) is 2. The highest BCUT2D eigenvalue weighted by Crippen LogP contribution is 2.25. The zero-order chi connectivity index (χ0) is 15.2. The third-order valence-corrected chi connectivity index (χ3v) is 3.25. The minimum Gasteiger partial charge on any atom is -0.491 e. The van der Waals surface area contributed by atoms with Crippen LogP contribution < -0.4 is 15.8 Å². The van der Waals surface area contributed by atoms with E-state index in [-0.39, 0.29) is 34.9 Å². The van der Waals surface area contributed by atoms with Crippen LogP contribution in [0, 0.1) is 0 Å². The van der Waals surface area contributed by atoms with Crippen molar-refractivity contribution in [3.63, 3.8) is 0 Å². The van der Waals surface area contributed by atoms with Gasteiger partial charge in [0.15, 0.2) is 11.0 Å². The van der Waals surface area contributed by atoms with Gasteiger partial charge in [0.2, 0.25) is 5.91 Å². The Labute approximate surface area is 131 Å². The number of carbonyl (C=O) groups is 1. The van der Waals surface area contributed by atoms with Crippen LogP contribution in [0.25, 0.3) is 0 Å². The van der Waals surface area contributed by atoms with E-state index in [1.807, 2.05) is 0 Å². The lowest BCUT2D eigenvalue weighted by atomic mass is 10.3. The smallest absolute Gasteiger partial charge is 0.228 e. The van der Waals surface area contributed by atoms with Gasteiger partial charge >= 0.3 is 0 Å². The maximum Gasteiger partial charge on any atom is 0.228 e. The maximum atomic E-state index is 11.8. The lowest BCUT2D eigenvalue weighted by Gasteiger charge is -2.09. The molecule has 0 bridgehead atoms. The minimum atomic E-state index is -0.304. The number of nitrogen functional groups attached to an aromatic ring is 1. The van der Waals surface area contributed by atoms with Crippen molar-refractivity contribution in [3.05, 3.63) is 40.8 Å². The Hall–Kier alpha value is -2.05. The second-order valence-corrected chi connectivity index (χ2v) is 4.75. The van der Waals surface area contributed by atoms with Crippen molar-refractivity contribution in [2.24, 2.45) is 0 Å². The van der Waals surface area contributed by atoms with Crippen LogP contribution in [0.2, 0.25) is 10.2 Å². The molecule has 0 radical (unpaired) electrons. The number of halogens is 2. The number of para-hydroxylation sites is 2. The first-order valence-electron chi connectivity index (χ1n) is 6.01. The molecule has 0 aliphatic carbocycles. The van der Waals surface area contributed by atoms with E-state index in [2.05, 4.69) is 15.3 Å². The molecule has 0 saturated heterocycles. The average molecular weight is 327 g/mol. The summed E-state index contributed by atoms with van der Waals surface area (Å²) in [5, 5.41) is 2.71. The fraction of sp³-hybridized carbons (Fsp3) is 0.154. The van der Waals surface area contributed by atoms with Crippen LogP contribution in [0.3, 0.4) is 0 Å². The van der Waals surface area contributed by atoms with Gasteiger partial charge in [-0.05, 0) is 12.1 Å². The fourth-order valence-electron chi connectivity index (χ4n) is 1.50. The molecule has 8 heteroatoms. The normalized spacial score (nSPS) is 10.2. The van der Waals surface area contributed by atoms with Crippen LogP contribution in [-0.2, 0) is 4.79 Å². The zero-order valence-electron chi connectivity index (χ0n) is 10.8.